The molecule has 0 unspecified atom stereocenters. The molecule has 0 aliphatic heterocycles. The van der Waals surface area contributed by atoms with Gasteiger partial charge in [0.05, 0.1) is 12.2 Å². The first-order valence-electron chi connectivity index (χ1n) is 5.97. The van der Waals surface area contributed by atoms with Gasteiger partial charge in [-0.2, -0.15) is 0 Å². The van der Waals surface area contributed by atoms with Gasteiger partial charge in [0.15, 0.2) is 0 Å². The van der Waals surface area contributed by atoms with E-state index in [-0.39, 0.29) is 30.7 Å². The number of carbonyl (C=O) groups excluding carboxylic acids is 1. The first-order valence-corrected chi connectivity index (χ1v) is 7.73. The Morgan fingerprint density at radius 3 is 2.43 bits per heavy atom. The van der Waals surface area contributed by atoms with Gasteiger partial charge in [0.1, 0.15) is 15.7 Å². The Morgan fingerprint density at radius 2 is 1.90 bits per heavy atom. The Bertz CT molecular complexity index is 571. The number of nitrogens with one attached hydrogen (secondary N) is 1. The molecule has 0 aromatic carbocycles. The Hall–Kier alpha value is -0.730. The zero-order chi connectivity index (χ0) is 13.8. The summed E-state index contributed by atoms with van der Waals surface area (Å²) in [5, 5.41) is 8.24. The number of hydrogen-bond acceptors (Lipinski definition) is 6. The van der Waals surface area contributed by atoms with Crippen LogP contribution >= 0.6 is 47.5 Å². The third kappa shape index (κ3) is 5.52. The van der Waals surface area contributed by atoms with Crippen LogP contribution in [0.4, 0.5) is 0 Å². The summed E-state index contributed by atoms with van der Waals surface area (Å²) in [6.07, 6.45) is 0. The molecule has 0 fully saturated rings. The predicted octanol–water partition coefficient (Wildman–Crippen LogP) is 2.96. The molecule has 21 heavy (non-hydrogen) atoms. The van der Waals surface area contributed by atoms with Crippen molar-refractivity contribution in [2.75, 3.05) is 0 Å². The van der Waals surface area contributed by atoms with E-state index < -0.39 is 0 Å². The molecular weight excluding hydrogens is 351 g/mol. The van der Waals surface area contributed by atoms with Crippen LogP contribution in [0.3, 0.4) is 0 Å². The van der Waals surface area contributed by atoms with Crippen LogP contribution < -0.4 is 11.1 Å². The van der Waals surface area contributed by atoms with Gasteiger partial charge >= 0.3 is 0 Å². The van der Waals surface area contributed by atoms with Crippen LogP contribution in [0.5, 0.6) is 0 Å². The van der Waals surface area contributed by atoms with E-state index in [0.29, 0.717) is 24.7 Å². The molecule has 2 aromatic heterocycles. The SMILES string of the molecule is CC(C)c1csc(CNC(=O)c2csc(CN)n2)n1.Cl.Cl. The van der Waals surface area contributed by atoms with Gasteiger partial charge in [-0.25, -0.2) is 9.97 Å². The van der Waals surface area contributed by atoms with Crippen molar-refractivity contribution < 1.29 is 4.79 Å². The first-order chi connectivity index (χ1) is 9.10. The largest absolute Gasteiger partial charge is 0.344 e. The molecule has 0 saturated carbocycles. The standard InChI is InChI=1S/C12H16N4OS2.2ClH/c1-7(2)8-5-19-11(15-8)4-14-12(17)9-6-18-10(3-13)16-9;;/h5-7H,3-4,13H2,1-2H3,(H,14,17);2*1H. The average molecular weight is 369 g/mol. The molecule has 5 nitrogen and oxygen atoms in total. The Labute approximate surface area is 144 Å². The Morgan fingerprint density at radius 1 is 1.24 bits per heavy atom. The van der Waals surface area contributed by atoms with Crippen LogP contribution in [0.1, 0.15) is 46.0 Å². The van der Waals surface area contributed by atoms with Crippen molar-refractivity contribution in [3.8, 4) is 0 Å². The molecular formula is C12H18Cl2N4OS2. The third-order valence-corrected chi connectivity index (χ3v) is 4.26. The van der Waals surface area contributed by atoms with Crippen LogP contribution in [0, 0.1) is 0 Å². The third-order valence-electron chi connectivity index (χ3n) is 2.52. The second kappa shape index (κ2) is 9.32. The van der Waals surface area contributed by atoms with Crippen molar-refractivity contribution in [2.45, 2.75) is 32.9 Å². The summed E-state index contributed by atoms with van der Waals surface area (Å²) in [5.41, 5.74) is 6.95. The maximum atomic E-state index is 11.9. The summed E-state index contributed by atoms with van der Waals surface area (Å²) in [7, 11) is 0. The quantitative estimate of drug-likeness (QED) is 0.849. The van der Waals surface area contributed by atoms with E-state index in [1.54, 1.807) is 16.7 Å². The summed E-state index contributed by atoms with van der Waals surface area (Å²) in [6.45, 7) is 5.00. The number of aromatic nitrogens is 2. The van der Waals surface area contributed by atoms with Crippen molar-refractivity contribution in [1.82, 2.24) is 15.3 Å². The van der Waals surface area contributed by atoms with Crippen LogP contribution in [-0.4, -0.2) is 15.9 Å². The second-order valence-electron chi connectivity index (χ2n) is 4.33. The van der Waals surface area contributed by atoms with Crippen molar-refractivity contribution in [3.63, 3.8) is 0 Å². The highest BCUT2D eigenvalue weighted by Crippen LogP contribution is 2.17. The van der Waals surface area contributed by atoms with Crippen LogP contribution in [0.2, 0.25) is 0 Å². The van der Waals surface area contributed by atoms with Crippen molar-refractivity contribution in [2.24, 2.45) is 5.73 Å². The average Bonchev–Trinajstić information content (AvgIpc) is 3.04. The van der Waals surface area contributed by atoms with Gasteiger partial charge in [-0.05, 0) is 5.92 Å². The van der Waals surface area contributed by atoms with Crippen molar-refractivity contribution in [3.05, 3.63) is 32.2 Å². The normalized spacial score (nSPS) is 9.90. The molecule has 9 heteroatoms. The molecule has 3 N–H and O–H groups in total. The highest BCUT2D eigenvalue weighted by Gasteiger charge is 2.11. The summed E-state index contributed by atoms with van der Waals surface area (Å²) >= 11 is 2.96. The minimum Gasteiger partial charge on any atom is -0.344 e. The lowest BCUT2D eigenvalue weighted by Gasteiger charge is -2.00. The molecule has 0 atom stereocenters. The van der Waals surface area contributed by atoms with E-state index in [9.17, 15) is 4.79 Å². The number of nitrogens with zero attached hydrogens (tertiary/aromatic N) is 2. The minimum absolute atomic E-state index is 0. The number of rotatable bonds is 5. The zero-order valence-electron chi connectivity index (χ0n) is 11.7. The molecule has 0 radical (unpaired) electrons. The van der Waals surface area contributed by atoms with Gasteiger partial charge in [0, 0.05) is 17.3 Å². The van der Waals surface area contributed by atoms with E-state index in [1.807, 2.05) is 5.38 Å². The fraction of sp³-hybridized carbons (Fsp3) is 0.417. The van der Waals surface area contributed by atoms with E-state index in [1.165, 1.54) is 11.3 Å². The van der Waals surface area contributed by atoms with Crippen LogP contribution in [0.15, 0.2) is 10.8 Å². The van der Waals surface area contributed by atoms with Crippen LogP contribution in [0.25, 0.3) is 0 Å². The minimum atomic E-state index is -0.183. The van der Waals surface area contributed by atoms with E-state index >= 15 is 0 Å². The monoisotopic (exact) mass is 368 g/mol. The van der Waals surface area contributed by atoms with Gasteiger partial charge < -0.3 is 11.1 Å². The molecule has 0 aliphatic carbocycles. The highest BCUT2D eigenvalue weighted by atomic mass is 35.5. The molecule has 0 saturated heterocycles. The topological polar surface area (TPSA) is 80.9 Å². The predicted molar refractivity (Wildman–Crippen MR) is 91.9 cm³/mol. The second-order valence-corrected chi connectivity index (χ2v) is 6.22. The summed E-state index contributed by atoms with van der Waals surface area (Å²) in [4.78, 5) is 20.5. The number of thiazole rings is 2. The van der Waals surface area contributed by atoms with Gasteiger partial charge in [0.2, 0.25) is 0 Å². The molecule has 2 heterocycles. The number of hydrogen-bond donors (Lipinski definition) is 2. The zero-order valence-corrected chi connectivity index (χ0v) is 14.9. The van der Waals surface area contributed by atoms with E-state index in [0.717, 1.165) is 15.7 Å². The van der Waals surface area contributed by atoms with Gasteiger partial charge in [-0.3, -0.25) is 4.79 Å². The highest BCUT2D eigenvalue weighted by molar-refractivity contribution is 7.10. The summed E-state index contributed by atoms with van der Waals surface area (Å²) in [5.74, 6) is 0.226. The lowest BCUT2D eigenvalue weighted by Crippen LogP contribution is -2.23. The molecule has 118 valence electrons. The fourth-order valence-corrected chi connectivity index (χ4v) is 2.98. The molecule has 0 aliphatic rings. The number of nitrogens with two attached hydrogens (primary N) is 1. The first kappa shape index (κ1) is 20.3. The van der Waals surface area contributed by atoms with Crippen molar-refractivity contribution in [1.29, 1.82) is 0 Å². The lowest BCUT2D eigenvalue weighted by molar-refractivity contribution is 0.0946. The van der Waals surface area contributed by atoms with Gasteiger partial charge in [0.25, 0.3) is 5.91 Å². The maximum Gasteiger partial charge on any atom is 0.271 e. The van der Waals surface area contributed by atoms with E-state index in [2.05, 4.69) is 29.1 Å². The molecule has 1 amide bonds. The molecule has 0 bridgehead atoms. The van der Waals surface area contributed by atoms with Crippen LogP contribution in [-0.2, 0) is 13.1 Å². The fourth-order valence-electron chi connectivity index (χ4n) is 1.43. The number of carbonyl (C=O) groups is 1. The number of amides is 1. The molecule has 2 aromatic rings. The maximum absolute atomic E-state index is 11.9. The van der Waals surface area contributed by atoms with Gasteiger partial charge in [-0.15, -0.1) is 47.5 Å². The molecule has 2 rings (SSSR count). The number of halogens is 2. The van der Waals surface area contributed by atoms with Crippen molar-refractivity contribution >= 4 is 53.4 Å². The Balaban J connectivity index is 0.00000200. The van der Waals surface area contributed by atoms with E-state index in [4.69, 9.17) is 5.73 Å². The lowest BCUT2D eigenvalue weighted by atomic mass is 10.2. The summed E-state index contributed by atoms with van der Waals surface area (Å²) in [6, 6.07) is 0. The van der Waals surface area contributed by atoms with Gasteiger partial charge in [-0.1, -0.05) is 13.8 Å². The summed E-state index contributed by atoms with van der Waals surface area (Å²) < 4.78 is 0. The Kier molecular flexibility index (Phi) is 9.00. The smallest absolute Gasteiger partial charge is 0.271 e. The molecule has 0 spiro atoms.